The van der Waals surface area contributed by atoms with Crippen LogP contribution in [0.25, 0.3) is 0 Å². The number of ether oxygens (including phenoxy) is 1. The van der Waals surface area contributed by atoms with Crippen LogP contribution in [0.2, 0.25) is 0 Å². The third-order valence-corrected chi connectivity index (χ3v) is 4.50. The van der Waals surface area contributed by atoms with Crippen LogP contribution in [-0.2, 0) is 10.5 Å². The van der Waals surface area contributed by atoms with E-state index in [1.807, 2.05) is 0 Å². The topological polar surface area (TPSA) is 9.23 Å². The highest BCUT2D eigenvalue weighted by Crippen LogP contribution is 2.31. The molecule has 1 aliphatic heterocycles. The van der Waals surface area contributed by atoms with Gasteiger partial charge in [0.05, 0.1) is 6.10 Å². The minimum atomic E-state index is 0.499. The van der Waals surface area contributed by atoms with Gasteiger partial charge in [-0.25, -0.2) is 0 Å². The Bertz CT molecular complexity index is 299. The second-order valence-electron chi connectivity index (χ2n) is 4.32. The fourth-order valence-corrected chi connectivity index (χ4v) is 3.44. The van der Waals surface area contributed by atoms with Gasteiger partial charge in [-0.05, 0) is 18.4 Å². The Hall–Kier alpha value is -0.470. The second kappa shape index (κ2) is 6.31. The SMILES string of the molecule is CCC[C@@H]1OCC[C@@H]1SCc1ccccc1. The van der Waals surface area contributed by atoms with E-state index in [4.69, 9.17) is 4.74 Å². The molecule has 0 aromatic heterocycles. The van der Waals surface area contributed by atoms with Crippen LogP contribution < -0.4 is 0 Å². The van der Waals surface area contributed by atoms with Crippen molar-refractivity contribution < 1.29 is 4.74 Å². The van der Waals surface area contributed by atoms with Gasteiger partial charge in [-0.1, -0.05) is 43.7 Å². The molecule has 0 unspecified atom stereocenters. The zero-order chi connectivity index (χ0) is 11.2. The van der Waals surface area contributed by atoms with Gasteiger partial charge in [-0.3, -0.25) is 0 Å². The molecule has 0 bridgehead atoms. The Morgan fingerprint density at radius 2 is 2.12 bits per heavy atom. The summed E-state index contributed by atoms with van der Waals surface area (Å²) >= 11 is 2.06. The van der Waals surface area contributed by atoms with Crippen molar-refractivity contribution in [2.75, 3.05) is 6.61 Å². The fourth-order valence-electron chi connectivity index (χ4n) is 2.15. The van der Waals surface area contributed by atoms with Gasteiger partial charge >= 0.3 is 0 Å². The van der Waals surface area contributed by atoms with E-state index in [1.165, 1.54) is 24.8 Å². The quantitative estimate of drug-likeness (QED) is 0.767. The van der Waals surface area contributed by atoms with Crippen LogP contribution >= 0.6 is 11.8 Å². The van der Waals surface area contributed by atoms with Crippen molar-refractivity contribution in [2.45, 2.75) is 43.3 Å². The van der Waals surface area contributed by atoms with Gasteiger partial charge in [0.1, 0.15) is 0 Å². The van der Waals surface area contributed by atoms with Crippen molar-refractivity contribution in [1.29, 1.82) is 0 Å². The number of hydrogen-bond donors (Lipinski definition) is 0. The van der Waals surface area contributed by atoms with Gasteiger partial charge in [0.25, 0.3) is 0 Å². The van der Waals surface area contributed by atoms with Crippen LogP contribution in [0.1, 0.15) is 31.7 Å². The fraction of sp³-hybridized carbons (Fsp3) is 0.571. The predicted octanol–water partition coefficient (Wildman–Crippen LogP) is 3.88. The second-order valence-corrected chi connectivity index (χ2v) is 5.55. The van der Waals surface area contributed by atoms with Gasteiger partial charge in [-0.2, -0.15) is 11.8 Å². The molecule has 16 heavy (non-hydrogen) atoms. The van der Waals surface area contributed by atoms with Gasteiger partial charge in [0, 0.05) is 17.6 Å². The third-order valence-electron chi connectivity index (χ3n) is 3.03. The van der Waals surface area contributed by atoms with E-state index < -0.39 is 0 Å². The van der Waals surface area contributed by atoms with E-state index in [0.29, 0.717) is 11.4 Å². The first-order valence-corrected chi connectivity index (χ1v) is 7.22. The molecule has 1 nitrogen and oxygen atoms in total. The van der Waals surface area contributed by atoms with Crippen LogP contribution in [0, 0.1) is 0 Å². The van der Waals surface area contributed by atoms with Crippen LogP contribution in [-0.4, -0.2) is 18.0 Å². The van der Waals surface area contributed by atoms with Gasteiger partial charge in [0.2, 0.25) is 0 Å². The molecular formula is C14H20OS. The Morgan fingerprint density at radius 1 is 1.31 bits per heavy atom. The maximum Gasteiger partial charge on any atom is 0.0694 e. The van der Waals surface area contributed by atoms with E-state index >= 15 is 0 Å². The van der Waals surface area contributed by atoms with Crippen LogP contribution in [0.4, 0.5) is 0 Å². The Kier molecular flexibility index (Phi) is 4.73. The summed E-state index contributed by atoms with van der Waals surface area (Å²) in [6.07, 6.45) is 4.17. The molecule has 0 N–H and O–H groups in total. The normalized spacial score (nSPS) is 24.8. The Balaban J connectivity index is 1.81. The van der Waals surface area contributed by atoms with Crippen LogP contribution in [0.15, 0.2) is 30.3 Å². The zero-order valence-electron chi connectivity index (χ0n) is 9.89. The minimum absolute atomic E-state index is 0.499. The van der Waals surface area contributed by atoms with Crippen molar-refractivity contribution in [2.24, 2.45) is 0 Å². The standard InChI is InChI=1S/C14H20OS/c1-2-6-13-14(9-10-15-13)16-11-12-7-4-3-5-8-12/h3-5,7-8,13-14H,2,6,9-11H2,1H3/t13-,14-/m0/s1. The van der Waals surface area contributed by atoms with Gasteiger partial charge in [-0.15, -0.1) is 0 Å². The first kappa shape index (κ1) is 12.0. The molecule has 2 atom stereocenters. The lowest BCUT2D eigenvalue weighted by Gasteiger charge is -2.17. The molecule has 88 valence electrons. The van der Waals surface area contributed by atoms with Crippen molar-refractivity contribution in [3.63, 3.8) is 0 Å². The van der Waals surface area contributed by atoms with Crippen molar-refractivity contribution >= 4 is 11.8 Å². The van der Waals surface area contributed by atoms with Crippen LogP contribution in [0.5, 0.6) is 0 Å². The highest BCUT2D eigenvalue weighted by Gasteiger charge is 2.27. The molecule has 0 aliphatic carbocycles. The average molecular weight is 236 g/mol. The summed E-state index contributed by atoms with van der Waals surface area (Å²) in [5.41, 5.74) is 1.43. The summed E-state index contributed by atoms with van der Waals surface area (Å²) in [4.78, 5) is 0. The van der Waals surface area contributed by atoms with E-state index in [1.54, 1.807) is 0 Å². The largest absolute Gasteiger partial charge is 0.377 e. The maximum absolute atomic E-state index is 5.77. The number of rotatable bonds is 5. The number of hydrogen-bond acceptors (Lipinski definition) is 2. The number of thioether (sulfide) groups is 1. The zero-order valence-corrected chi connectivity index (χ0v) is 10.7. The van der Waals surface area contributed by atoms with E-state index in [9.17, 15) is 0 Å². The number of benzene rings is 1. The Morgan fingerprint density at radius 3 is 2.88 bits per heavy atom. The summed E-state index contributed by atoms with van der Waals surface area (Å²) in [5, 5.41) is 0.708. The monoisotopic (exact) mass is 236 g/mol. The first-order valence-electron chi connectivity index (χ1n) is 6.17. The molecule has 1 aromatic carbocycles. The summed E-state index contributed by atoms with van der Waals surface area (Å²) < 4.78 is 5.77. The predicted molar refractivity (Wildman–Crippen MR) is 70.8 cm³/mol. The van der Waals surface area contributed by atoms with Crippen molar-refractivity contribution in [1.82, 2.24) is 0 Å². The summed E-state index contributed by atoms with van der Waals surface area (Å²) in [6.45, 7) is 3.19. The highest BCUT2D eigenvalue weighted by atomic mass is 32.2. The van der Waals surface area contributed by atoms with Gasteiger partial charge < -0.3 is 4.74 Å². The summed E-state index contributed by atoms with van der Waals surface area (Å²) in [7, 11) is 0. The smallest absolute Gasteiger partial charge is 0.0694 e. The van der Waals surface area contributed by atoms with Gasteiger partial charge in [0.15, 0.2) is 0 Å². The molecule has 1 fully saturated rings. The Labute approximate surface area is 103 Å². The van der Waals surface area contributed by atoms with E-state index in [-0.39, 0.29) is 0 Å². The third kappa shape index (κ3) is 3.26. The van der Waals surface area contributed by atoms with E-state index in [2.05, 4.69) is 49.0 Å². The first-order chi connectivity index (χ1) is 7.90. The van der Waals surface area contributed by atoms with Crippen LogP contribution in [0.3, 0.4) is 0 Å². The molecular weight excluding hydrogens is 216 g/mol. The molecule has 0 saturated carbocycles. The molecule has 2 rings (SSSR count). The molecule has 0 spiro atoms. The molecule has 1 aromatic rings. The highest BCUT2D eigenvalue weighted by molar-refractivity contribution is 7.99. The average Bonchev–Trinajstić information content (AvgIpc) is 2.76. The molecule has 1 saturated heterocycles. The van der Waals surface area contributed by atoms with Crippen molar-refractivity contribution in [3.05, 3.63) is 35.9 Å². The minimum Gasteiger partial charge on any atom is -0.377 e. The molecule has 0 radical (unpaired) electrons. The maximum atomic E-state index is 5.77. The summed E-state index contributed by atoms with van der Waals surface area (Å²) in [6, 6.07) is 10.7. The molecule has 1 heterocycles. The lowest BCUT2D eigenvalue weighted by Crippen LogP contribution is -2.17. The summed E-state index contributed by atoms with van der Waals surface area (Å²) in [5.74, 6) is 1.12. The molecule has 0 amide bonds. The lowest BCUT2D eigenvalue weighted by atomic mass is 10.1. The molecule has 2 heteroatoms. The molecule has 1 aliphatic rings. The van der Waals surface area contributed by atoms with Crippen molar-refractivity contribution in [3.8, 4) is 0 Å². The lowest BCUT2D eigenvalue weighted by molar-refractivity contribution is 0.105. The van der Waals surface area contributed by atoms with E-state index in [0.717, 1.165) is 12.4 Å².